The Bertz CT molecular complexity index is 366. The molecule has 1 unspecified atom stereocenters. The zero-order valence-electron chi connectivity index (χ0n) is 8.70. The fourth-order valence-electron chi connectivity index (χ4n) is 1.23. The number of hydrogen-bond acceptors (Lipinski definition) is 2. The Hall–Kier alpha value is -1.44. The lowest BCUT2D eigenvalue weighted by Gasteiger charge is -2.06. The van der Waals surface area contributed by atoms with Crippen LogP contribution in [0, 0.1) is 12.8 Å². The van der Waals surface area contributed by atoms with Crippen LogP contribution in [-0.2, 0) is 4.79 Å². The SMILES string of the molecule is CC(=O)C(C)C(=O)c1cccc(C)c1. The van der Waals surface area contributed by atoms with E-state index in [-0.39, 0.29) is 11.6 Å². The predicted molar refractivity (Wildman–Crippen MR) is 55.4 cm³/mol. The molecule has 1 atom stereocenters. The van der Waals surface area contributed by atoms with E-state index in [2.05, 4.69) is 0 Å². The van der Waals surface area contributed by atoms with Crippen molar-refractivity contribution in [3.05, 3.63) is 35.4 Å². The minimum atomic E-state index is -0.531. The lowest BCUT2D eigenvalue weighted by molar-refractivity contribution is -0.118. The van der Waals surface area contributed by atoms with Crippen molar-refractivity contribution < 1.29 is 9.59 Å². The van der Waals surface area contributed by atoms with Gasteiger partial charge in [-0.3, -0.25) is 9.59 Å². The van der Waals surface area contributed by atoms with Gasteiger partial charge >= 0.3 is 0 Å². The lowest BCUT2D eigenvalue weighted by atomic mass is 9.95. The summed E-state index contributed by atoms with van der Waals surface area (Å²) in [5.41, 5.74) is 1.65. The maximum atomic E-state index is 11.7. The van der Waals surface area contributed by atoms with Crippen LogP contribution in [0.3, 0.4) is 0 Å². The normalized spacial score (nSPS) is 12.2. The highest BCUT2D eigenvalue weighted by atomic mass is 16.1. The first-order valence-corrected chi connectivity index (χ1v) is 4.63. The predicted octanol–water partition coefficient (Wildman–Crippen LogP) is 2.40. The molecular weight excluding hydrogens is 176 g/mol. The molecule has 2 nitrogen and oxygen atoms in total. The topological polar surface area (TPSA) is 34.1 Å². The van der Waals surface area contributed by atoms with Crippen LogP contribution in [0.4, 0.5) is 0 Å². The van der Waals surface area contributed by atoms with E-state index < -0.39 is 5.92 Å². The molecule has 0 aliphatic rings. The molecule has 2 heteroatoms. The highest BCUT2D eigenvalue weighted by molar-refractivity contribution is 6.09. The van der Waals surface area contributed by atoms with E-state index in [4.69, 9.17) is 0 Å². The van der Waals surface area contributed by atoms with Crippen LogP contribution in [-0.4, -0.2) is 11.6 Å². The van der Waals surface area contributed by atoms with Gasteiger partial charge in [0.05, 0.1) is 5.92 Å². The molecule has 0 N–H and O–H groups in total. The van der Waals surface area contributed by atoms with Gasteiger partial charge in [-0.2, -0.15) is 0 Å². The van der Waals surface area contributed by atoms with Crippen LogP contribution < -0.4 is 0 Å². The average molecular weight is 190 g/mol. The van der Waals surface area contributed by atoms with E-state index in [9.17, 15) is 9.59 Å². The molecule has 0 saturated carbocycles. The average Bonchev–Trinajstić information content (AvgIpc) is 2.15. The van der Waals surface area contributed by atoms with Gasteiger partial charge in [0.2, 0.25) is 0 Å². The Balaban J connectivity index is 2.95. The van der Waals surface area contributed by atoms with E-state index in [0.29, 0.717) is 5.56 Å². The van der Waals surface area contributed by atoms with E-state index in [1.165, 1.54) is 6.92 Å². The van der Waals surface area contributed by atoms with Crippen molar-refractivity contribution in [2.75, 3.05) is 0 Å². The Morgan fingerprint density at radius 1 is 1.29 bits per heavy atom. The smallest absolute Gasteiger partial charge is 0.173 e. The van der Waals surface area contributed by atoms with Gasteiger partial charge in [-0.25, -0.2) is 0 Å². The van der Waals surface area contributed by atoms with Crippen LogP contribution in [0.15, 0.2) is 24.3 Å². The number of aryl methyl sites for hydroxylation is 1. The molecule has 14 heavy (non-hydrogen) atoms. The quantitative estimate of drug-likeness (QED) is 0.541. The third-order valence-corrected chi connectivity index (χ3v) is 2.31. The summed E-state index contributed by atoms with van der Waals surface area (Å²) in [6.07, 6.45) is 0. The number of hydrogen-bond donors (Lipinski definition) is 0. The summed E-state index contributed by atoms with van der Waals surface area (Å²) in [5.74, 6) is -0.713. The van der Waals surface area contributed by atoms with Gasteiger partial charge < -0.3 is 0 Å². The molecule has 0 fully saturated rings. The van der Waals surface area contributed by atoms with Crippen molar-refractivity contribution in [2.24, 2.45) is 5.92 Å². The molecule has 0 aliphatic carbocycles. The monoisotopic (exact) mass is 190 g/mol. The molecule has 0 bridgehead atoms. The molecular formula is C12H14O2. The van der Waals surface area contributed by atoms with Gasteiger partial charge in [-0.15, -0.1) is 0 Å². The summed E-state index contributed by atoms with van der Waals surface area (Å²) in [5, 5.41) is 0. The minimum Gasteiger partial charge on any atom is -0.299 e. The zero-order valence-corrected chi connectivity index (χ0v) is 8.70. The molecule has 0 saturated heterocycles. The Morgan fingerprint density at radius 3 is 2.43 bits per heavy atom. The number of carbonyl (C=O) groups is 2. The van der Waals surface area contributed by atoms with E-state index >= 15 is 0 Å². The standard InChI is InChI=1S/C12H14O2/c1-8-5-4-6-11(7-8)12(14)9(2)10(3)13/h4-7,9H,1-3H3. The van der Waals surface area contributed by atoms with E-state index in [1.807, 2.05) is 25.1 Å². The fourth-order valence-corrected chi connectivity index (χ4v) is 1.23. The molecule has 0 spiro atoms. The van der Waals surface area contributed by atoms with Crippen molar-refractivity contribution in [1.82, 2.24) is 0 Å². The second-order valence-electron chi connectivity index (χ2n) is 3.57. The molecule has 0 heterocycles. The summed E-state index contributed by atoms with van der Waals surface area (Å²) in [6, 6.07) is 7.31. The lowest BCUT2D eigenvalue weighted by Crippen LogP contribution is -2.18. The Labute approximate surface area is 83.9 Å². The molecule has 1 aromatic rings. The number of carbonyl (C=O) groups excluding carboxylic acids is 2. The van der Waals surface area contributed by atoms with Gasteiger partial charge in [-0.05, 0) is 26.8 Å². The third-order valence-electron chi connectivity index (χ3n) is 2.31. The summed E-state index contributed by atoms with van der Waals surface area (Å²) >= 11 is 0. The van der Waals surface area contributed by atoms with Crippen LogP contribution in [0.5, 0.6) is 0 Å². The van der Waals surface area contributed by atoms with Crippen LogP contribution in [0.25, 0.3) is 0 Å². The largest absolute Gasteiger partial charge is 0.299 e. The first kappa shape index (κ1) is 10.6. The second-order valence-corrected chi connectivity index (χ2v) is 3.57. The van der Waals surface area contributed by atoms with Crippen molar-refractivity contribution >= 4 is 11.6 Å². The van der Waals surface area contributed by atoms with Gasteiger partial charge in [-0.1, -0.05) is 23.8 Å². The fraction of sp³-hybridized carbons (Fsp3) is 0.333. The summed E-state index contributed by atoms with van der Waals surface area (Å²) in [7, 11) is 0. The highest BCUT2D eigenvalue weighted by Gasteiger charge is 2.18. The number of ketones is 2. The molecule has 0 aromatic heterocycles. The van der Waals surface area contributed by atoms with Gasteiger partial charge in [0.15, 0.2) is 5.78 Å². The van der Waals surface area contributed by atoms with Crippen LogP contribution >= 0.6 is 0 Å². The summed E-state index contributed by atoms with van der Waals surface area (Å²) in [4.78, 5) is 22.7. The van der Waals surface area contributed by atoms with Crippen molar-refractivity contribution in [3.63, 3.8) is 0 Å². The molecule has 0 radical (unpaired) electrons. The van der Waals surface area contributed by atoms with Crippen molar-refractivity contribution in [1.29, 1.82) is 0 Å². The first-order valence-electron chi connectivity index (χ1n) is 4.63. The number of rotatable bonds is 3. The Kier molecular flexibility index (Phi) is 3.18. The molecule has 0 aliphatic heterocycles. The second kappa shape index (κ2) is 4.18. The number of Topliss-reactive ketones (excluding diaryl/α,β-unsaturated/α-hetero) is 2. The van der Waals surface area contributed by atoms with Crippen molar-refractivity contribution in [2.45, 2.75) is 20.8 Å². The van der Waals surface area contributed by atoms with E-state index in [1.54, 1.807) is 13.0 Å². The molecule has 74 valence electrons. The summed E-state index contributed by atoms with van der Waals surface area (Å²) < 4.78 is 0. The Morgan fingerprint density at radius 2 is 1.93 bits per heavy atom. The van der Waals surface area contributed by atoms with Gasteiger partial charge in [0.25, 0.3) is 0 Å². The zero-order chi connectivity index (χ0) is 10.7. The number of benzene rings is 1. The summed E-state index contributed by atoms with van der Waals surface area (Å²) in [6.45, 7) is 5.01. The minimum absolute atomic E-state index is 0.0866. The maximum absolute atomic E-state index is 11.7. The van der Waals surface area contributed by atoms with Gasteiger partial charge in [0.1, 0.15) is 5.78 Å². The molecule has 1 rings (SSSR count). The first-order chi connectivity index (χ1) is 6.52. The van der Waals surface area contributed by atoms with Crippen LogP contribution in [0.1, 0.15) is 29.8 Å². The maximum Gasteiger partial charge on any atom is 0.173 e. The van der Waals surface area contributed by atoms with Crippen molar-refractivity contribution in [3.8, 4) is 0 Å². The van der Waals surface area contributed by atoms with E-state index in [0.717, 1.165) is 5.56 Å². The molecule has 1 aromatic carbocycles. The molecule has 0 amide bonds. The van der Waals surface area contributed by atoms with Gasteiger partial charge in [0, 0.05) is 5.56 Å². The highest BCUT2D eigenvalue weighted by Crippen LogP contribution is 2.11. The van der Waals surface area contributed by atoms with Crippen LogP contribution in [0.2, 0.25) is 0 Å². The third kappa shape index (κ3) is 2.28.